The number of anilines is 2. The number of aromatic nitrogens is 1. The molecule has 1 aromatic heterocycles. The van der Waals surface area contributed by atoms with E-state index in [0.29, 0.717) is 5.69 Å². The molecule has 0 saturated heterocycles. The third-order valence-corrected chi connectivity index (χ3v) is 3.30. The van der Waals surface area contributed by atoms with Gasteiger partial charge in [0.15, 0.2) is 0 Å². The highest BCUT2D eigenvalue weighted by Crippen LogP contribution is 2.34. The summed E-state index contributed by atoms with van der Waals surface area (Å²) in [6, 6.07) is 5.88. The lowest BCUT2D eigenvalue weighted by molar-refractivity contribution is -0.137. The van der Waals surface area contributed by atoms with E-state index in [9.17, 15) is 18.0 Å². The minimum atomic E-state index is -4.48. The molecule has 0 aliphatic carbocycles. The molecule has 126 valence electrons. The summed E-state index contributed by atoms with van der Waals surface area (Å²) in [6.07, 6.45) is -1.59. The Morgan fingerprint density at radius 2 is 2.04 bits per heavy atom. The van der Waals surface area contributed by atoms with E-state index in [0.717, 1.165) is 18.2 Å². The zero-order valence-corrected chi connectivity index (χ0v) is 13.1. The van der Waals surface area contributed by atoms with E-state index in [1.54, 1.807) is 0 Å². The molecule has 2 aromatic rings. The van der Waals surface area contributed by atoms with E-state index >= 15 is 0 Å². The van der Waals surface area contributed by atoms with Crippen LogP contribution in [0.2, 0.25) is 5.02 Å². The summed E-state index contributed by atoms with van der Waals surface area (Å²) in [7, 11) is 0. The van der Waals surface area contributed by atoms with Crippen molar-refractivity contribution < 1.29 is 18.0 Å². The number of rotatable bonds is 5. The van der Waals surface area contributed by atoms with Gasteiger partial charge >= 0.3 is 6.18 Å². The maximum atomic E-state index is 12.8. The Hall–Kier alpha value is -2.54. The molecule has 1 aromatic carbocycles. The lowest BCUT2D eigenvalue weighted by atomic mass is 10.2. The molecule has 0 aliphatic rings. The first-order valence-electron chi connectivity index (χ1n) is 6.80. The van der Waals surface area contributed by atoms with Gasteiger partial charge in [-0.25, -0.2) is 0 Å². The van der Waals surface area contributed by atoms with Crippen LogP contribution in [0.3, 0.4) is 0 Å². The zero-order valence-electron chi connectivity index (χ0n) is 12.3. The summed E-state index contributed by atoms with van der Waals surface area (Å²) in [5, 5.41) is 5.44. The minimum Gasteiger partial charge on any atom is -0.354 e. The normalized spacial score (nSPS) is 11.0. The number of alkyl halides is 3. The molecule has 0 radical (unpaired) electrons. The van der Waals surface area contributed by atoms with Crippen LogP contribution >= 0.6 is 11.6 Å². The first-order chi connectivity index (χ1) is 11.3. The first kappa shape index (κ1) is 17.8. The largest absolute Gasteiger partial charge is 0.416 e. The van der Waals surface area contributed by atoms with Crippen molar-refractivity contribution in [1.29, 1.82) is 0 Å². The third-order valence-electron chi connectivity index (χ3n) is 2.97. The van der Waals surface area contributed by atoms with Crippen LogP contribution in [0.5, 0.6) is 0 Å². The van der Waals surface area contributed by atoms with E-state index in [4.69, 9.17) is 11.6 Å². The van der Waals surface area contributed by atoms with Crippen LogP contribution in [0.4, 0.5) is 24.5 Å². The Morgan fingerprint density at radius 3 is 2.71 bits per heavy atom. The molecule has 4 nitrogen and oxygen atoms in total. The van der Waals surface area contributed by atoms with E-state index in [1.807, 2.05) is 0 Å². The van der Waals surface area contributed by atoms with Crippen molar-refractivity contribution in [2.75, 3.05) is 11.9 Å². The molecule has 0 unspecified atom stereocenters. The number of amides is 1. The average Bonchev–Trinajstić information content (AvgIpc) is 2.54. The highest BCUT2D eigenvalue weighted by atomic mass is 35.5. The molecule has 0 atom stereocenters. The number of pyridine rings is 1. The Kier molecular flexibility index (Phi) is 5.46. The molecule has 0 bridgehead atoms. The van der Waals surface area contributed by atoms with Crippen LogP contribution in [-0.2, 0) is 6.18 Å². The Labute approximate surface area is 141 Å². The number of halogens is 4. The van der Waals surface area contributed by atoms with Crippen molar-refractivity contribution in [2.45, 2.75) is 6.18 Å². The number of nitrogens with zero attached hydrogens (tertiary/aromatic N) is 1. The molecular weight excluding hydrogens is 343 g/mol. The summed E-state index contributed by atoms with van der Waals surface area (Å²) in [5.74, 6) is -0.423. The van der Waals surface area contributed by atoms with Gasteiger partial charge in [0.2, 0.25) is 0 Å². The fourth-order valence-corrected chi connectivity index (χ4v) is 2.01. The average molecular weight is 356 g/mol. The molecular formula is C16H13ClF3N3O. The standard InChI is InChI=1S/C16H13ClF3N3O/c1-2-6-22-15(24)14-9-11(5-7-21-14)23-13-8-10(16(18,19)20)3-4-12(13)17/h2-5,7-9H,1,6H2,(H,21,23)(H,22,24). The topological polar surface area (TPSA) is 54.0 Å². The van der Waals surface area contributed by atoms with Crippen LogP contribution in [0.15, 0.2) is 49.2 Å². The lowest BCUT2D eigenvalue weighted by Gasteiger charge is -2.13. The van der Waals surface area contributed by atoms with Crippen LogP contribution in [0, 0.1) is 0 Å². The van der Waals surface area contributed by atoms with Gasteiger partial charge in [0, 0.05) is 18.4 Å². The molecule has 0 spiro atoms. The van der Waals surface area contributed by atoms with Crippen LogP contribution < -0.4 is 10.6 Å². The summed E-state index contributed by atoms with van der Waals surface area (Å²) in [4.78, 5) is 15.8. The van der Waals surface area contributed by atoms with Gasteiger partial charge in [-0.2, -0.15) is 13.2 Å². The van der Waals surface area contributed by atoms with Crippen LogP contribution in [-0.4, -0.2) is 17.4 Å². The number of hydrogen-bond donors (Lipinski definition) is 2. The van der Waals surface area contributed by atoms with Crippen molar-refractivity contribution in [3.63, 3.8) is 0 Å². The number of benzene rings is 1. The fourth-order valence-electron chi connectivity index (χ4n) is 1.84. The molecule has 0 aliphatic heterocycles. The van der Waals surface area contributed by atoms with Crippen molar-refractivity contribution in [3.8, 4) is 0 Å². The predicted molar refractivity (Wildman–Crippen MR) is 86.5 cm³/mol. The maximum absolute atomic E-state index is 12.8. The Morgan fingerprint density at radius 1 is 1.29 bits per heavy atom. The van der Waals surface area contributed by atoms with Crippen molar-refractivity contribution in [3.05, 3.63) is 65.5 Å². The van der Waals surface area contributed by atoms with Gasteiger partial charge in [0.05, 0.1) is 16.3 Å². The SMILES string of the molecule is C=CCNC(=O)c1cc(Nc2cc(C(F)(F)F)ccc2Cl)ccn1. The maximum Gasteiger partial charge on any atom is 0.416 e. The quantitative estimate of drug-likeness (QED) is 0.781. The molecule has 2 N–H and O–H groups in total. The third kappa shape index (κ3) is 4.48. The second kappa shape index (κ2) is 7.35. The van der Waals surface area contributed by atoms with E-state index in [-0.39, 0.29) is 22.9 Å². The van der Waals surface area contributed by atoms with Gasteiger partial charge < -0.3 is 10.6 Å². The highest BCUT2D eigenvalue weighted by molar-refractivity contribution is 6.33. The Bertz CT molecular complexity index is 762. The van der Waals surface area contributed by atoms with Gasteiger partial charge in [-0.05, 0) is 30.3 Å². The highest BCUT2D eigenvalue weighted by Gasteiger charge is 2.31. The number of carbonyl (C=O) groups is 1. The van der Waals surface area contributed by atoms with Crippen molar-refractivity contribution >= 4 is 28.9 Å². The van der Waals surface area contributed by atoms with Crippen molar-refractivity contribution in [2.24, 2.45) is 0 Å². The van der Waals surface area contributed by atoms with E-state index in [1.165, 1.54) is 24.4 Å². The smallest absolute Gasteiger partial charge is 0.354 e. The van der Waals surface area contributed by atoms with Gasteiger partial charge in [0.1, 0.15) is 5.69 Å². The van der Waals surface area contributed by atoms with E-state index < -0.39 is 17.6 Å². The van der Waals surface area contributed by atoms with Crippen molar-refractivity contribution in [1.82, 2.24) is 10.3 Å². The van der Waals surface area contributed by atoms with Gasteiger partial charge in [-0.15, -0.1) is 6.58 Å². The second-order valence-corrected chi connectivity index (χ2v) is 5.15. The van der Waals surface area contributed by atoms with Gasteiger partial charge in [0.25, 0.3) is 5.91 Å². The summed E-state index contributed by atoms with van der Waals surface area (Å²) in [5.41, 5.74) is -0.248. The minimum absolute atomic E-state index is 0.0788. The molecule has 24 heavy (non-hydrogen) atoms. The molecule has 8 heteroatoms. The number of hydrogen-bond acceptors (Lipinski definition) is 3. The van der Waals surface area contributed by atoms with Crippen LogP contribution in [0.25, 0.3) is 0 Å². The molecule has 0 fully saturated rings. The lowest BCUT2D eigenvalue weighted by Crippen LogP contribution is -2.24. The molecule has 1 amide bonds. The van der Waals surface area contributed by atoms with Gasteiger partial charge in [-0.3, -0.25) is 9.78 Å². The van der Waals surface area contributed by atoms with E-state index in [2.05, 4.69) is 22.2 Å². The molecule has 1 heterocycles. The summed E-state index contributed by atoms with van der Waals surface area (Å²) in [6.45, 7) is 3.76. The fraction of sp³-hybridized carbons (Fsp3) is 0.125. The summed E-state index contributed by atoms with van der Waals surface area (Å²) >= 11 is 5.93. The zero-order chi connectivity index (χ0) is 17.7. The predicted octanol–water partition coefficient (Wildman–Crippen LogP) is 4.41. The number of nitrogens with one attached hydrogen (secondary N) is 2. The molecule has 2 rings (SSSR count). The first-order valence-corrected chi connectivity index (χ1v) is 7.18. The monoisotopic (exact) mass is 355 g/mol. The van der Waals surface area contributed by atoms with Crippen LogP contribution in [0.1, 0.15) is 16.1 Å². The van der Waals surface area contributed by atoms with Gasteiger partial charge in [-0.1, -0.05) is 17.7 Å². The Balaban J connectivity index is 2.25. The number of carbonyl (C=O) groups excluding carboxylic acids is 1. The second-order valence-electron chi connectivity index (χ2n) is 4.75. The molecule has 0 saturated carbocycles. The summed E-state index contributed by atoms with van der Waals surface area (Å²) < 4.78 is 38.4.